The van der Waals surface area contributed by atoms with Gasteiger partial charge >= 0.3 is 11.9 Å². The molecule has 1 aromatic rings. The molecule has 1 aromatic carbocycles. The maximum atomic E-state index is 12.5. The van der Waals surface area contributed by atoms with Crippen LogP contribution in [0, 0.1) is 16.0 Å². The molecule has 0 aromatic heterocycles. The maximum absolute atomic E-state index is 12.5. The second-order valence-electron chi connectivity index (χ2n) is 4.61. The van der Waals surface area contributed by atoms with Crippen LogP contribution in [-0.4, -0.2) is 24.6 Å². The van der Waals surface area contributed by atoms with E-state index in [-0.39, 0.29) is 18.3 Å². The topological polar surface area (TPSA) is 64.4 Å². The Hall–Kier alpha value is -1.83. The molecule has 1 aliphatic rings. The Balaban J connectivity index is 2.17. The predicted molar refractivity (Wildman–Crippen MR) is 64.6 cm³/mol. The number of halogens is 3. The molecular weight excluding hydrogens is 277 g/mol. The van der Waals surface area contributed by atoms with E-state index < -0.39 is 22.4 Å². The smallest absolute Gasteiger partial charge is 0.416 e. The average Bonchev–Trinajstić information content (AvgIpc) is 2.88. The van der Waals surface area contributed by atoms with Gasteiger partial charge in [-0.3, -0.25) is 10.1 Å². The maximum Gasteiger partial charge on any atom is 0.416 e. The average molecular weight is 290 g/mol. The largest absolute Gasteiger partial charge is 0.486 e. The van der Waals surface area contributed by atoms with Crippen molar-refractivity contribution in [1.29, 1.82) is 0 Å². The van der Waals surface area contributed by atoms with Gasteiger partial charge in [0.05, 0.1) is 17.1 Å². The number of nitrogens with zero attached hydrogens (tertiary/aromatic N) is 1. The third kappa shape index (κ3) is 3.38. The van der Waals surface area contributed by atoms with E-state index in [9.17, 15) is 23.3 Å². The molecule has 0 aliphatic carbocycles. The summed E-state index contributed by atoms with van der Waals surface area (Å²) in [5.41, 5.74) is -1.72. The minimum atomic E-state index is -4.61. The van der Waals surface area contributed by atoms with Crippen LogP contribution in [0.4, 0.5) is 18.9 Å². The second kappa shape index (κ2) is 5.66. The monoisotopic (exact) mass is 290 g/mol. The van der Waals surface area contributed by atoms with E-state index in [1.54, 1.807) is 0 Å². The van der Waals surface area contributed by atoms with Gasteiger partial charge in [0.15, 0.2) is 5.75 Å². The number of hydrogen-bond acceptors (Lipinski definition) is 4. The molecule has 1 fully saturated rings. The Morgan fingerprint density at radius 3 is 2.75 bits per heavy atom. The number of alkyl halides is 3. The van der Waals surface area contributed by atoms with Gasteiger partial charge in [0.2, 0.25) is 0 Å². The van der Waals surface area contributed by atoms with E-state index >= 15 is 0 Å². The normalized spacial score (nSPS) is 19.1. The van der Waals surface area contributed by atoms with Crippen LogP contribution < -0.4 is 10.1 Å². The van der Waals surface area contributed by atoms with Crippen molar-refractivity contribution in [3.05, 3.63) is 33.9 Å². The molecule has 20 heavy (non-hydrogen) atoms. The summed E-state index contributed by atoms with van der Waals surface area (Å²) in [5, 5.41) is 14.0. The zero-order valence-electron chi connectivity index (χ0n) is 10.4. The van der Waals surface area contributed by atoms with Crippen LogP contribution in [0.15, 0.2) is 18.2 Å². The Kier molecular flexibility index (Phi) is 4.12. The first-order chi connectivity index (χ1) is 9.38. The van der Waals surface area contributed by atoms with Crippen molar-refractivity contribution in [2.45, 2.75) is 12.6 Å². The van der Waals surface area contributed by atoms with Crippen molar-refractivity contribution >= 4 is 5.69 Å². The number of nitrogens with one attached hydrogen (secondary N) is 1. The molecule has 2 rings (SSSR count). The summed E-state index contributed by atoms with van der Waals surface area (Å²) in [5.74, 6) is 0.0896. The molecule has 1 saturated heterocycles. The molecule has 0 amide bonds. The SMILES string of the molecule is O=[N+]([O-])c1cc(C(F)(F)F)ccc1OC[C@@H]1CCNC1. The Morgan fingerprint density at radius 2 is 2.20 bits per heavy atom. The molecule has 5 nitrogen and oxygen atoms in total. The van der Waals surface area contributed by atoms with Crippen molar-refractivity contribution in [1.82, 2.24) is 5.32 Å². The molecule has 1 aliphatic heterocycles. The lowest BCUT2D eigenvalue weighted by molar-refractivity contribution is -0.386. The standard InChI is InChI=1S/C12H13F3N2O3/c13-12(14,15)9-1-2-11(10(5-9)17(18)19)20-7-8-3-4-16-6-8/h1-2,5,8,16H,3-4,6-7H2/t8-/m1/s1. The summed E-state index contributed by atoms with van der Waals surface area (Å²) in [7, 11) is 0. The van der Waals surface area contributed by atoms with Crippen LogP contribution in [-0.2, 0) is 6.18 Å². The third-order valence-corrected chi connectivity index (χ3v) is 3.12. The molecule has 0 saturated carbocycles. The van der Waals surface area contributed by atoms with Crippen molar-refractivity contribution < 1.29 is 22.8 Å². The van der Waals surface area contributed by atoms with Crippen LogP contribution in [0.1, 0.15) is 12.0 Å². The molecule has 0 radical (unpaired) electrons. The van der Waals surface area contributed by atoms with Crippen molar-refractivity contribution in [2.75, 3.05) is 19.7 Å². The van der Waals surface area contributed by atoms with Crippen LogP contribution in [0.25, 0.3) is 0 Å². The van der Waals surface area contributed by atoms with E-state index in [4.69, 9.17) is 4.74 Å². The molecule has 1 N–H and O–H groups in total. The Morgan fingerprint density at radius 1 is 1.45 bits per heavy atom. The van der Waals surface area contributed by atoms with Gasteiger partial charge in [0, 0.05) is 18.5 Å². The summed E-state index contributed by atoms with van der Waals surface area (Å²) in [6.45, 7) is 1.84. The van der Waals surface area contributed by atoms with E-state index in [2.05, 4.69) is 5.32 Å². The fraction of sp³-hybridized carbons (Fsp3) is 0.500. The molecule has 0 bridgehead atoms. The first kappa shape index (κ1) is 14.6. The summed E-state index contributed by atoms with van der Waals surface area (Å²) in [6, 6.07) is 2.29. The van der Waals surface area contributed by atoms with Crippen molar-refractivity contribution in [3.8, 4) is 5.75 Å². The molecule has 110 valence electrons. The second-order valence-corrected chi connectivity index (χ2v) is 4.61. The van der Waals surface area contributed by atoms with E-state index in [1.165, 1.54) is 0 Å². The molecule has 0 unspecified atom stereocenters. The third-order valence-electron chi connectivity index (χ3n) is 3.12. The van der Waals surface area contributed by atoms with Gasteiger partial charge in [-0.15, -0.1) is 0 Å². The zero-order chi connectivity index (χ0) is 14.8. The number of nitro groups is 1. The summed E-state index contributed by atoms with van der Waals surface area (Å²) in [4.78, 5) is 9.98. The first-order valence-electron chi connectivity index (χ1n) is 6.07. The number of benzene rings is 1. The van der Waals surface area contributed by atoms with Gasteiger partial charge in [-0.25, -0.2) is 0 Å². The van der Waals surface area contributed by atoms with Gasteiger partial charge < -0.3 is 10.1 Å². The van der Waals surface area contributed by atoms with E-state index in [0.29, 0.717) is 6.07 Å². The molecular formula is C12H13F3N2O3. The van der Waals surface area contributed by atoms with E-state index in [0.717, 1.165) is 31.6 Å². The van der Waals surface area contributed by atoms with E-state index in [1.807, 2.05) is 0 Å². The van der Waals surface area contributed by atoms with Crippen LogP contribution in [0.3, 0.4) is 0 Å². The summed E-state index contributed by atoms with van der Waals surface area (Å²) >= 11 is 0. The highest BCUT2D eigenvalue weighted by Crippen LogP contribution is 2.36. The quantitative estimate of drug-likeness (QED) is 0.684. The highest BCUT2D eigenvalue weighted by molar-refractivity contribution is 5.49. The Bertz CT molecular complexity index is 499. The van der Waals surface area contributed by atoms with Gasteiger partial charge in [-0.1, -0.05) is 0 Å². The minimum absolute atomic E-state index is 0.130. The molecule has 8 heteroatoms. The summed E-state index contributed by atoms with van der Waals surface area (Å²) in [6.07, 6.45) is -3.73. The highest BCUT2D eigenvalue weighted by Gasteiger charge is 2.33. The molecule has 0 spiro atoms. The highest BCUT2D eigenvalue weighted by atomic mass is 19.4. The van der Waals surface area contributed by atoms with Crippen LogP contribution >= 0.6 is 0 Å². The fourth-order valence-electron chi connectivity index (χ4n) is 2.02. The summed E-state index contributed by atoms with van der Waals surface area (Å²) < 4.78 is 42.9. The van der Waals surface area contributed by atoms with Gasteiger partial charge in [0.25, 0.3) is 0 Å². The number of ether oxygens (including phenoxy) is 1. The number of hydrogen-bond donors (Lipinski definition) is 1. The zero-order valence-corrected chi connectivity index (χ0v) is 10.4. The van der Waals surface area contributed by atoms with Gasteiger partial charge in [-0.05, 0) is 25.1 Å². The van der Waals surface area contributed by atoms with Gasteiger partial charge in [0.1, 0.15) is 0 Å². The van der Waals surface area contributed by atoms with Crippen LogP contribution in [0.2, 0.25) is 0 Å². The Labute approximate surface area is 112 Å². The lowest BCUT2D eigenvalue weighted by Crippen LogP contribution is -2.16. The minimum Gasteiger partial charge on any atom is -0.486 e. The lowest BCUT2D eigenvalue weighted by atomic mass is 10.1. The first-order valence-corrected chi connectivity index (χ1v) is 6.07. The fourth-order valence-corrected chi connectivity index (χ4v) is 2.02. The van der Waals surface area contributed by atoms with Crippen molar-refractivity contribution in [2.24, 2.45) is 5.92 Å². The lowest BCUT2D eigenvalue weighted by Gasteiger charge is -2.12. The molecule has 1 atom stereocenters. The number of rotatable bonds is 4. The molecule has 1 heterocycles. The number of nitro benzene ring substituents is 1. The van der Waals surface area contributed by atoms with Crippen molar-refractivity contribution in [3.63, 3.8) is 0 Å². The van der Waals surface area contributed by atoms with Crippen LogP contribution in [0.5, 0.6) is 5.75 Å². The predicted octanol–water partition coefficient (Wildman–Crippen LogP) is 2.60. The van der Waals surface area contributed by atoms with Gasteiger partial charge in [-0.2, -0.15) is 13.2 Å².